The van der Waals surface area contributed by atoms with Crippen LogP contribution in [0.2, 0.25) is 0 Å². The summed E-state index contributed by atoms with van der Waals surface area (Å²) in [5, 5.41) is 4.52. The van der Waals surface area contributed by atoms with E-state index in [4.69, 9.17) is 4.74 Å². The highest BCUT2D eigenvalue weighted by Gasteiger charge is 2.14. The number of esters is 1. The smallest absolute Gasteiger partial charge is 0.338 e. The maximum Gasteiger partial charge on any atom is 0.338 e. The third kappa shape index (κ3) is 6.07. The van der Waals surface area contributed by atoms with Gasteiger partial charge in [0.25, 0.3) is 5.91 Å². The van der Waals surface area contributed by atoms with E-state index in [0.717, 1.165) is 6.42 Å². The molecule has 7 nitrogen and oxygen atoms in total. The van der Waals surface area contributed by atoms with Gasteiger partial charge in [-0.3, -0.25) is 14.9 Å². The summed E-state index contributed by atoms with van der Waals surface area (Å²) in [6.07, 6.45) is 0.735. The number of imide groups is 1. The third-order valence-corrected chi connectivity index (χ3v) is 3.54. The molecule has 0 atom stereocenters. The molecule has 0 heterocycles. The minimum absolute atomic E-state index is 0.159. The van der Waals surface area contributed by atoms with Gasteiger partial charge in [0.1, 0.15) is 0 Å². The molecule has 2 rings (SSSR count). The number of rotatable bonds is 7. The molecule has 0 aliphatic heterocycles. The van der Waals surface area contributed by atoms with Crippen molar-refractivity contribution < 1.29 is 23.9 Å². The van der Waals surface area contributed by atoms with Crippen molar-refractivity contribution in [2.24, 2.45) is 0 Å². The van der Waals surface area contributed by atoms with Gasteiger partial charge in [0.05, 0.1) is 5.56 Å². The number of carbonyl (C=O) groups is 4. The molecule has 2 N–H and O–H groups in total. The molecule has 0 spiro atoms. The summed E-state index contributed by atoms with van der Waals surface area (Å²) in [5.41, 5.74) is 1.18. The molecule has 3 amide bonds. The Morgan fingerprint density at radius 1 is 0.852 bits per heavy atom. The molecule has 0 aliphatic rings. The first-order valence-corrected chi connectivity index (χ1v) is 8.46. The molecule has 0 bridgehead atoms. The fraction of sp³-hybridized carbons (Fsp3) is 0.200. The number of ketones is 1. The van der Waals surface area contributed by atoms with Crippen LogP contribution in [-0.4, -0.2) is 36.8 Å². The van der Waals surface area contributed by atoms with E-state index in [1.165, 1.54) is 24.3 Å². The number of hydrogen-bond donors (Lipinski definition) is 2. The number of hydrogen-bond acceptors (Lipinski definition) is 5. The minimum Gasteiger partial charge on any atom is -0.452 e. The molecule has 0 aliphatic carbocycles. The molecular formula is C20H20N2O5. The van der Waals surface area contributed by atoms with Crippen molar-refractivity contribution in [1.82, 2.24) is 10.6 Å². The van der Waals surface area contributed by atoms with E-state index < -0.39 is 24.5 Å². The number of benzene rings is 2. The highest BCUT2D eigenvalue weighted by molar-refractivity contribution is 6.09. The van der Waals surface area contributed by atoms with Crippen molar-refractivity contribution in [2.45, 2.75) is 13.3 Å². The van der Waals surface area contributed by atoms with Crippen LogP contribution in [0.4, 0.5) is 4.79 Å². The van der Waals surface area contributed by atoms with Crippen LogP contribution in [0.1, 0.15) is 39.6 Å². The number of urea groups is 1. The summed E-state index contributed by atoms with van der Waals surface area (Å²) in [5.74, 6) is -1.61. The highest BCUT2D eigenvalue weighted by atomic mass is 16.5. The maximum atomic E-state index is 12.3. The van der Waals surface area contributed by atoms with Gasteiger partial charge in [0.2, 0.25) is 0 Å². The summed E-state index contributed by atoms with van der Waals surface area (Å²) < 4.78 is 4.86. The van der Waals surface area contributed by atoms with Crippen LogP contribution in [0.25, 0.3) is 0 Å². The van der Waals surface area contributed by atoms with Crippen LogP contribution >= 0.6 is 0 Å². The standard InChI is InChI=1S/C20H20N2O5/c1-2-12-21-20(26)22-17(23)13-27-19(25)16-10-8-15(9-11-16)18(24)14-6-4-3-5-7-14/h3-11H,2,12-13H2,1H3,(H2,21,22,23,26). The van der Waals surface area contributed by atoms with E-state index in [1.807, 2.05) is 13.0 Å². The molecule has 2 aromatic rings. The van der Waals surface area contributed by atoms with Crippen LogP contribution in [0.15, 0.2) is 54.6 Å². The second-order valence-corrected chi connectivity index (χ2v) is 5.65. The lowest BCUT2D eigenvalue weighted by molar-refractivity contribution is -0.123. The van der Waals surface area contributed by atoms with E-state index in [0.29, 0.717) is 17.7 Å². The molecule has 0 unspecified atom stereocenters. The first-order valence-electron chi connectivity index (χ1n) is 8.46. The molecule has 0 saturated carbocycles. The summed E-state index contributed by atoms with van der Waals surface area (Å²) in [4.78, 5) is 47.2. The molecule has 0 saturated heterocycles. The number of carbonyl (C=O) groups excluding carboxylic acids is 4. The van der Waals surface area contributed by atoms with Crippen LogP contribution in [0, 0.1) is 0 Å². The van der Waals surface area contributed by atoms with Gasteiger partial charge in [-0.25, -0.2) is 9.59 Å². The number of amides is 3. The van der Waals surface area contributed by atoms with Crippen LogP contribution in [0.3, 0.4) is 0 Å². The SMILES string of the molecule is CCCNC(=O)NC(=O)COC(=O)c1ccc(C(=O)c2ccccc2)cc1. The monoisotopic (exact) mass is 368 g/mol. The Morgan fingerprint density at radius 3 is 2.07 bits per heavy atom. The minimum atomic E-state index is -0.729. The molecule has 0 fully saturated rings. The van der Waals surface area contributed by atoms with Gasteiger partial charge in [-0.15, -0.1) is 0 Å². The van der Waals surface area contributed by atoms with Crippen molar-refractivity contribution in [2.75, 3.05) is 13.2 Å². The van der Waals surface area contributed by atoms with Crippen molar-refractivity contribution in [3.63, 3.8) is 0 Å². The fourth-order valence-corrected chi connectivity index (χ4v) is 2.17. The first-order chi connectivity index (χ1) is 13.0. The van der Waals surface area contributed by atoms with Crippen molar-refractivity contribution in [3.8, 4) is 0 Å². The summed E-state index contributed by atoms with van der Waals surface area (Å²) >= 11 is 0. The van der Waals surface area contributed by atoms with Gasteiger partial charge >= 0.3 is 12.0 Å². The normalized spacial score (nSPS) is 9.96. The molecule has 0 radical (unpaired) electrons. The van der Waals surface area contributed by atoms with Crippen molar-refractivity contribution in [3.05, 3.63) is 71.3 Å². The molecule has 7 heteroatoms. The summed E-state index contributed by atoms with van der Waals surface area (Å²) in [6, 6.07) is 14.1. The Bertz CT molecular complexity index is 816. The molecule has 2 aromatic carbocycles. The second kappa shape index (κ2) is 9.86. The fourth-order valence-electron chi connectivity index (χ4n) is 2.17. The lowest BCUT2D eigenvalue weighted by Gasteiger charge is -2.07. The van der Waals surface area contributed by atoms with Crippen LogP contribution in [0.5, 0.6) is 0 Å². The van der Waals surface area contributed by atoms with Crippen molar-refractivity contribution in [1.29, 1.82) is 0 Å². The lowest BCUT2D eigenvalue weighted by Crippen LogP contribution is -2.41. The molecule has 140 valence electrons. The Balaban J connectivity index is 1.87. The van der Waals surface area contributed by atoms with E-state index in [9.17, 15) is 19.2 Å². The average molecular weight is 368 g/mol. The largest absolute Gasteiger partial charge is 0.452 e. The van der Waals surface area contributed by atoms with Crippen molar-refractivity contribution >= 4 is 23.7 Å². The summed E-state index contributed by atoms with van der Waals surface area (Å²) in [6.45, 7) is 1.73. The molecular weight excluding hydrogens is 348 g/mol. The van der Waals surface area contributed by atoms with E-state index in [2.05, 4.69) is 10.6 Å². The van der Waals surface area contributed by atoms with Gasteiger partial charge in [0.15, 0.2) is 12.4 Å². The van der Waals surface area contributed by atoms with Crippen LogP contribution < -0.4 is 10.6 Å². The number of nitrogens with one attached hydrogen (secondary N) is 2. The first kappa shape index (κ1) is 19.8. The second-order valence-electron chi connectivity index (χ2n) is 5.65. The Morgan fingerprint density at radius 2 is 1.44 bits per heavy atom. The number of ether oxygens (including phenoxy) is 1. The Labute approximate surface area is 156 Å². The zero-order valence-corrected chi connectivity index (χ0v) is 14.9. The summed E-state index contributed by atoms with van der Waals surface area (Å²) in [7, 11) is 0. The average Bonchev–Trinajstić information content (AvgIpc) is 2.70. The zero-order valence-electron chi connectivity index (χ0n) is 14.9. The predicted octanol–water partition coefficient (Wildman–Crippen LogP) is 2.31. The predicted molar refractivity (Wildman–Crippen MR) is 98.4 cm³/mol. The molecule has 0 aromatic heterocycles. The van der Waals surface area contributed by atoms with Gasteiger partial charge in [-0.2, -0.15) is 0 Å². The van der Waals surface area contributed by atoms with Gasteiger partial charge < -0.3 is 10.1 Å². The Kier molecular flexibility index (Phi) is 7.25. The third-order valence-electron chi connectivity index (χ3n) is 3.54. The van der Waals surface area contributed by atoms with E-state index in [-0.39, 0.29) is 11.3 Å². The Hall–Kier alpha value is -3.48. The maximum absolute atomic E-state index is 12.3. The zero-order chi connectivity index (χ0) is 19.6. The van der Waals surface area contributed by atoms with Crippen LogP contribution in [-0.2, 0) is 9.53 Å². The van der Waals surface area contributed by atoms with Gasteiger partial charge in [-0.1, -0.05) is 49.4 Å². The lowest BCUT2D eigenvalue weighted by atomic mass is 10.0. The topological polar surface area (TPSA) is 102 Å². The molecule has 27 heavy (non-hydrogen) atoms. The quantitative estimate of drug-likeness (QED) is 0.577. The van der Waals surface area contributed by atoms with Gasteiger partial charge in [0, 0.05) is 17.7 Å². The van der Waals surface area contributed by atoms with E-state index in [1.54, 1.807) is 24.3 Å². The highest BCUT2D eigenvalue weighted by Crippen LogP contribution is 2.11. The van der Waals surface area contributed by atoms with E-state index >= 15 is 0 Å². The van der Waals surface area contributed by atoms with Gasteiger partial charge in [-0.05, 0) is 18.6 Å².